The van der Waals surface area contributed by atoms with E-state index < -0.39 is 0 Å². The van der Waals surface area contributed by atoms with Gasteiger partial charge in [-0.1, -0.05) is 19.3 Å². The molecule has 0 spiro atoms. The molecule has 1 unspecified atom stereocenters. The van der Waals surface area contributed by atoms with Crippen LogP contribution in [0.2, 0.25) is 0 Å². The van der Waals surface area contributed by atoms with Crippen molar-refractivity contribution in [1.82, 2.24) is 0 Å². The molecule has 0 bridgehead atoms. The van der Waals surface area contributed by atoms with E-state index in [1.54, 1.807) is 7.11 Å². The van der Waals surface area contributed by atoms with Gasteiger partial charge in [0.1, 0.15) is 0 Å². The number of ether oxygens (including phenoxy) is 1. The third kappa shape index (κ3) is 2.46. The van der Waals surface area contributed by atoms with E-state index in [-0.39, 0.29) is 12.7 Å². The maximum Gasteiger partial charge on any atom is 0.0830 e. The number of hydrogen-bond donors (Lipinski definition) is 1. The van der Waals surface area contributed by atoms with E-state index in [0.29, 0.717) is 5.92 Å². The van der Waals surface area contributed by atoms with Crippen LogP contribution >= 0.6 is 0 Å². The van der Waals surface area contributed by atoms with Crippen LogP contribution in [0.5, 0.6) is 0 Å². The third-order valence-electron chi connectivity index (χ3n) is 2.66. The summed E-state index contributed by atoms with van der Waals surface area (Å²) in [5.74, 6) is 0.610. The molecule has 66 valence electrons. The van der Waals surface area contributed by atoms with Crippen LogP contribution < -0.4 is 0 Å². The molecule has 1 rings (SSSR count). The molecular weight excluding hydrogens is 140 g/mol. The molecule has 1 aliphatic carbocycles. The first-order chi connectivity index (χ1) is 5.38. The first kappa shape index (κ1) is 9.01. The molecule has 0 radical (unpaired) electrons. The molecule has 11 heavy (non-hydrogen) atoms. The van der Waals surface area contributed by atoms with Crippen LogP contribution in [-0.2, 0) is 4.74 Å². The van der Waals surface area contributed by atoms with Crippen LogP contribution in [0.15, 0.2) is 0 Å². The molecule has 0 heterocycles. The molecule has 2 heteroatoms. The molecule has 0 aliphatic heterocycles. The number of rotatable bonds is 3. The maximum absolute atomic E-state index is 8.95. The minimum atomic E-state index is 0.0929. The van der Waals surface area contributed by atoms with E-state index in [9.17, 15) is 0 Å². The Morgan fingerprint density at radius 3 is 2.45 bits per heavy atom. The SMILES string of the molecule is COC(CO)C1CCCCC1. The standard InChI is InChI=1S/C9H18O2/c1-11-9(7-10)8-5-3-2-4-6-8/h8-10H,2-7H2,1H3. The van der Waals surface area contributed by atoms with Gasteiger partial charge in [0.15, 0.2) is 0 Å². The lowest BCUT2D eigenvalue weighted by Crippen LogP contribution is -2.28. The Labute approximate surface area is 68.6 Å². The lowest BCUT2D eigenvalue weighted by Gasteiger charge is -2.27. The van der Waals surface area contributed by atoms with E-state index in [0.717, 1.165) is 0 Å². The van der Waals surface area contributed by atoms with Gasteiger partial charge >= 0.3 is 0 Å². The summed E-state index contributed by atoms with van der Waals surface area (Å²) in [6.07, 6.45) is 6.54. The lowest BCUT2D eigenvalue weighted by molar-refractivity contribution is -0.00386. The van der Waals surface area contributed by atoms with E-state index in [2.05, 4.69) is 0 Å². The predicted octanol–water partition coefficient (Wildman–Crippen LogP) is 1.57. The maximum atomic E-state index is 8.95. The van der Waals surface area contributed by atoms with E-state index in [1.165, 1.54) is 32.1 Å². The van der Waals surface area contributed by atoms with E-state index >= 15 is 0 Å². The second kappa shape index (κ2) is 4.73. The van der Waals surface area contributed by atoms with Crippen LogP contribution in [0, 0.1) is 5.92 Å². The summed E-state index contributed by atoms with van der Waals surface area (Å²) in [5.41, 5.74) is 0. The van der Waals surface area contributed by atoms with Crippen molar-refractivity contribution in [2.75, 3.05) is 13.7 Å². The second-order valence-electron chi connectivity index (χ2n) is 3.35. The van der Waals surface area contributed by atoms with Crippen molar-refractivity contribution in [2.24, 2.45) is 5.92 Å². The van der Waals surface area contributed by atoms with Crippen molar-refractivity contribution < 1.29 is 9.84 Å². The Morgan fingerprint density at radius 2 is 2.00 bits per heavy atom. The monoisotopic (exact) mass is 158 g/mol. The molecule has 1 N–H and O–H groups in total. The zero-order valence-electron chi connectivity index (χ0n) is 7.25. The van der Waals surface area contributed by atoms with Crippen molar-refractivity contribution in [3.8, 4) is 0 Å². The van der Waals surface area contributed by atoms with Crippen LogP contribution in [0.1, 0.15) is 32.1 Å². The summed E-state index contributed by atoms with van der Waals surface area (Å²) in [4.78, 5) is 0. The van der Waals surface area contributed by atoms with Gasteiger partial charge in [-0.2, -0.15) is 0 Å². The fourth-order valence-electron chi connectivity index (χ4n) is 1.92. The summed E-state index contributed by atoms with van der Waals surface area (Å²) in [6, 6.07) is 0. The zero-order valence-corrected chi connectivity index (χ0v) is 7.25. The van der Waals surface area contributed by atoms with Crippen molar-refractivity contribution in [2.45, 2.75) is 38.2 Å². The second-order valence-corrected chi connectivity index (χ2v) is 3.35. The quantitative estimate of drug-likeness (QED) is 0.675. The number of hydrogen-bond acceptors (Lipinski definition) is 2. The largest absolute Gasteiger partial charge is 0.394 e. The van der Waals surface area contributed by atoms with Crippen molar-refractivity contribution >= 4 is 0 Å². The summed E-state index contributed by atoms with van der Waals surface area (Å²) >= 11 is 0. The highest BCUT2D eigenvalue weighted by Crippen LogP contribution is 2.27. The molecule has 0 aromatic carbocycles. The summed E-state index contributed by atoms with van der Waals surface area (Å²) in [5, 5.41) is 8.95. The Morgan fingerprint density at radius 1 is 1.36 bits per heavy atom. The number of methoxy groups -OCH3 is 1. The van der Waals surface area contributed by atoms with E-state index in [1.807, 2.05) is 0 Å². The Kier molecular flexibility index (Phi) is 3.87. The Bertz CT molecular complexity index is 93.7. The van der Waals surface area contributed by atoms with Gasteiger partial charge in [-0.25, -0.2) is 0 Å². The molecule has 1 atom stereocenters. The van der Waals surface area contributed by atoms with Gasteiger partial charge in [0.05, 0.1) is 12.7 Å². The number of aliphatic hydroxyl groups excluding tert-OH is 1. The van der Waals surface area contributed by atoms with Gasteiger partial charge in [-0.3, -0.25) is 0 Å². The molecule has 1 saturated carbocycles. The zero-order chi connectivity index (χ0) is 8.10. The molecule has 0 aromatic rings. The summed E-state index contributed by atoms with van der Waals surface area (Å²) < 4.78 is 5.19. The van der Waals surface area contributed by atoms with Crippen molar-refractivity contribution in [3.63, 3.8) is 0 Å². The van der Waals surface area contributed by atoms with Crippen LogP contribution in [0.25, 0.3) is 0 Å². The highest BCUT2D eigenvalue weighted by molar-refractivity contribution is 4.73. The topological polar surface area (TPSA) is 29.5 Å². The molecule has 0 amide bonds. The first-order valence-corrected chi connectivity index (χ1v) is 4.52. The minimum Gasteiger partial charge on any atom is -0.394 e. The minimum absolute atomic E-state index is 0.0929. The number of aliphatic hydroxyl groups is 1. The van der Waals surface area contributed by atoms with Crippen LogP contribution in [0.4, 0.5) is 0 Å². The first-order valence-electron chi connectivity index (χ1n) is 4.52. The van der Waals surface area contributed by atoms with Crippen LogP contribution in [-0.4, -0.2) is 24.9 Å². The summed E-state index contributed by atoms with van der Waals surface area (Å²) in [7, 11) is 1.69. The molecule has 2 nitrogen and oxygen atoms in total. The lowest BCUT2D eigenvalue weighted by atomic mass is 9.85. The van der Waals surface area contributed by atoms with Crippen LogP contribution in [0.3, 0.4) is 0 Å². The van der Waals surface area contributed by atoms with Gasteiger partial charge < -0.3 is 9.84 Å². The summed E-state index contributed by atoms with van der Waals surface area (Å²) in [6.45, 7) is 0.182. The fourth-order valence-corrected chi connectivity index (χ4v) is 1.92. The highest BCUT2D eigenvalue weighted by Gasteiger charge is 2.22. The van der Waals surface area contributed by atoms with Gasteiger partial charge in [0.2, 0.25) is 0 Å². The molecule has 1 fully saturated rings. The predicted molar refractivity (Wildman–Crippen MR) is 44.5 cm³/mol. The molecule has 0 saturated heterocycles. The molecule has 0 aromatic heterocycles. The van der Waals surface area contributed by atoms with E-state index in [4.69, 9.17) is 9.84 Å². The normalized spacial score (nSPS) is 23.5. The highest BCUT2D eigenvalue weighted by atomic mass is 16.5. The smallest absolute Gasteiger partial charge is 0.0830 e. The fraction of sp³-hybridized carbons (Fsp3) is 1.00. The Balaban J connectivity index is 2.30. The van der Waals surface area contributed by atoms with Gasteiger partial charge in [0.25, 0.3) is 0 Å². The average Bonchev–Trinajstić information content (AvgIpc) is 2.09. The van der Waals surface area contributed by atoms with Crippen molar-refractivity contribution in [3.05, 3.63) is 0 Å². The van der Waals surface area contributed by atoms with Crippen molar-refractivity contribution in [1.29, 1.82) is 0 Å². The van der Waals surface area contributed by atoms with Gasteiger partial charge in [0, 0.05) is 7.11 Å². The third-order valence-corrected chi connectivity index (χ3v) is 2.66. The van der Waals surface area contributed by atoms with Gasteiger partial charge in [-0.15, -0.1) is 0 Å². The Hall–Kier alpha value is -0.0800. The average molecular weight is 158 g/mol. The molecule has 1 aliphatic rings. The molecular formula is C9H18O2. The van der Waals surface area contributed by atoms with Gasteiger partial charge in [-0.05, 0) is 18.8 Å².